The molecule has 1 N–H and O–H groups in total. The van der Waals surface area contributed by atoms with Crippen molar-refractivity contribution in [2.24, 2.45) is 0 Å². The number of hydrogen-bond donors (Lipinski definition) is 1. The highest BCUT2D eigenvalue weighted by molar-refractivity contribution is 5.75. The first-order chi connectivity index (χ1) is 9.19. The van der Waals surface area contributed by atoms with Crippen LogP contribution in [0.2, 0.25) is 0 Å². The minimum atomic E-state index is 0.181. The molecule has 0 saturated carbocycles. The Hall–Kier alpha value is -2.62. The number of hydrogen-bond acceptors (Lipinski definition) is 4. The van der Waals surface area contributed by atoms with Crippen LogP contribution in [0.1, 0.15) is 20.7 Å². The van der Waals surface area contributed by atoms with Crippen LogP contribution in [0.4, 0.5) is 0 Å². The van der Waals surface area contributed by atoms with E-state index < -0.39 is 0 Å². The number of carbonyl (C=O) groups is 2. The second kappa shape index (κ2) is 7.66. The highest BCUT2D eigenvalue weighted by Crippen LogP contribution is 2.09. The smallest absolute Gasteiger partial charge is 0.150 e. The Morgan fingerprint density at radius 3 is 1.63 bits per heavy atom. The topological polar surface area (TPSA) is 63.6 Å². The second-order valence-corrected chi connectivity index (χ2v) is 3.60. The quantitative estimate of drug-likeness (QED) is 0.860. The molecule has 2 aromatic rings. The van der Waals surface area contributed by atoms with E-state index >= 15 is 0 Å². The van der Waals surface area contributed by atoms with Gasteiger partial charge in [0.2, 0.25) is 0 Å². The predicted octanol–water partition coefficient (Wildman–Crippen LogP) is 2.71. The molecule has 98 valence electrons. The van der Waals surface area contributed by atoms with Gasteiger partial charge in [-0.3, -0.25) is 9.59 Å². The fourth-order valence-electron chi connectivity index (χ4n) is 1.24. The Morgan fingerprint density at radius 1 is 0.842 bits per heavy atom. The fraction of sp³-hybridized carbons (Fsp3) is 0.0667. The molecule has 0 aliphatic heterocycles. The molecule has 0 aliphatic rings. The van der Waals surface area contributed by atoms with Gasteiger partial charge in [-0.05, 0) is 48.5 Å². The van der Waals surface area contributed by atoms with E-state index in [0.29, 0.717) is 11.1 Å². The van der Waals surface area contributed by atoms with E-state index in [1.807, 2.05) is 0 Å². The van der Waals surface area contributed by atoms with E-state index in [2.05, 4.69) is 0 Å². The van der Waals surface area contributed by atoms with Crippen LogP contribution >= 0.6 is 0 Å². The standard InChI is InChI=1S/C8H8O2.C7H6O2/c1-10-8-4-2-7(6-9)3-5-8;8-5-6-1-3-7(9)4-2-6/h2-6H,1H3;1-5,9H. The van der Waals surface area contributed by atoms with Gasteiger partial charge in [0.25, 0.3) is 0 Å². The van der Waals surface area contributed by atoms with Crippen LogP contribution in [0.25, 0.3) is 0 Å². The van der Waals surface area contributed by atoms with Gasteiger partial charge in [-0.1, -0.05) is 0 Å². The van der Waals surface area contributed by atoms with E-state index in [1.54, 1.807) is 43.5 Å². The number of methoxy groups -OCH3 is 1. The Kier molecular flexibility index (Phi) is 5.82. The van der Waals surface area contributed by atoms with Crippen LogP contribution < -0.4 is 4.74 Å². The molecule has 0 aliphatic carbocycles. The molecule has 0 unspecified atom stereocenters. The lowest BCUT2D eigenvalue weighted by molar-refractivity contribution is 0.111. The summed E-state index contributed by atoms with van der Waals surface area (Å²) in [6, 6.07) is 13.0. The van der Waals surface area contributed by atoms with Crippen molar-refractivity contribution < 1.29 is 19.4 Å². The molecule has 0 heterocycles. The Bertz CT molecular complexity index is 515. The monoisotopic (exact) mass is 258 g/mol. The van der Waals surface area contributed by atoms with Crippen molar-refractivity contribution in [3.05, 3.63) is 59.7 Å². The van der Waals surface area contributed by atoms with Crippen LogP contribution in [-0.4, -0.2) is 24.8 Å². The van der Waals surface area contributed by atoms with Gasteiger partial charge in [0.15, 0.2) is 0 Å². The first-order valence-electron chi connectivity index (χ1n) is 5.53. The molecule has 0 atom stereocenters. The van der Waals surface area contributed by atoms with E-state index in [9.17, 15) is 9.59 Å². The largest absolute Gasteiger partial charge is 0.508 e. The Balaban J connectivity index is 0.000000191. The van der Waals surface area contributed by atoms with E-state index in [-0.39, 0.29) is 5.75 Å². The molecule has 0 bridgehead atoms. The van der Waals surface area contributed by atoms with Crippen molar-refractivity contribution in [3.8, 4) is 11.5 Å². The molecule has 0 spiro atoms. The van der Waals surface area contributed by atoms with Crippen molar-refractivity contribution >= 4 is 12.6 Å². The summed E-state index contributed by atoms with van der Waals surface area (Å²) >= 11 is 0. The predicted molar refractivity (Wildman–Crippen MR) is 71.9 cm³/mol. The minimum Gasteiger partial charge on any atom is -0.508 e. The molecule has 19 heavy (non-hydrogen) atoms. The first kappa shape index (κ1) is 14.4. The number of phenolic OH excluding ortho intramolecular Hbond substituents is 1. The second-order valence-electron chi connectivity index (χ2n) is 3.60. The number of ether oxygens (including phenoxy) is 1. The van der Waals surface area contributed by atoms with Crippen LogP contribution in [0, 0.1) is 0 Å². The van der Waals surface area contributed by atoms with Gasteiger partial charge in [-0.2, -0.15) is 0 Å². The first-order valence-corrected chi connectivity index (χ1v) is 5.53. The molecular weight excluding hydrogens is 244 g/mol. The van der Waals surface area contributed by atoms with Gasteiger partial charge in [0, 0.05) is 11.1 Å². The van der Waals surface area contributed by atoms with Gasteiger partial charge < -0.3 is 9.84 Å². The third kappa shape index (κ3) is 5.04. The molecule has 0 amide bonds. The SMILES string of the molecule is COc1ccc(C=O)cc1.O=Cc1ccc(O)cc1. The van der Waals surface area contributed by atoms with Gasteiger partial charge in [-0.15, -0.1) is 0 Å². The highest BCUT2D eigenvalue weighted by Gasteiger charge is 1.89. The third-order valence-electron chi connectivity index (χ3n) is 2.28. The maximum atomic E-state index is 10.2. The highest BCUT2D eigenvalue weighted by atomic mass is 16.5. The molecule has 4 nitrogen and oxygen atoms in total. The van der Waals surface area contributed by atoms with Gasteiger partial charge >= 0.3 is 0 Å². The van der Waals surface area contributed by atoms with Crippen LogP contribution in [0.5, 0.6) is 11.5 Å². The number of carbonyl (C=O) groups excluding carboxylic acids is 2. The number of aromatic hydroxyl groups is 1. The number of rotatable bonds is 3. The number of benzene rings is 2. The normalized spacial score (nSPS) is 8.89. The summed E-state index contributed by atoms with van der Waals surface area (Å²) in [5, 5.41) is 8.74. The fourth-order valence-corrected chi connectivity index (χ4v) is 1.24. The molecule has 0 aromatic heterocycles. The molecule has 2 aromatic carbocycles. The number of aldehydes is 2. The molecular formula is C15H14O4. The van der Waals surface area contributed by atoms with Crippen molar-refractivity contribution in [2.75, 3.05) is 7.11 Å². The molecule has 2 rings (SSSR count). The zero-order valence-corrected chi connectivity index (χ0v) is 10.4. The van der Waals surface area contributed by atoms with Gasteiger partial charge in [0.1, 0.15) is 24.1 Å². The number of phenols is 1. The van der Waals surface area contributed by atoms with Crippen molar-refractivity contribution in [2.45, 2.75) is 0 Å². The van der Waals surface area contributed by atoms with E-state index in [0.717, 1.165) is 18.3 Å². The Morgan fingerprint density at radius 2 is 1.26 bits per heavy atom. The summed E-state index contributed by atoms with van der Waals surface area (Å²) in [7, 11) is 1.59. The van der Waals surface area contributed by atoms with Crippen LogP contribution in [0.15, 0.2) is 48.5 Å². The van der Waals surface area contributed by atoms with Gasteiger partial charge in [-0.25, -0.2) is 0 Å². The van der Waals surface area contributed by atoms with Crippen molar-refractivity contribution in [3.63, 3.8) is 0 Å². The van der Waals surface area contributed by atoms with Gasteiger partial charge in [0.05, 0.1) is 7.11 Å². The lowest BCUT2D eigenvalue weighted by atomic mass is 10.2. The van der Waals surface area contributed by atoms with Crippen LogP contribution in [0.3, 0.4) is 0 Å². The summed E-state index contributed by atoms with van der Waals surface area (Å²) in [5.74, 6) is 0.950. The summed E-state index contributed by atoms with van der Waals surface area (Å²) < 4.78 is 4.90. The van der Waals surface area contributed by atoms with E-state index in [1.165, 1.54) is 12.1 Å². The minimum absolute atomic E-state index is 0.181. The molecule has 0 saturated heterocycles. The summed E-state index contributed by atoms with van der Waals surface area (Å²) in [4.78, 5) is 20.2. The lowest BCUT2D eigenvalue weighted by Gasteiger charge is -1.96. The summed E-state index contributed by atoms with van der Waals surface area (Å²) in [5.41, 5.74) is 1.24. The van der Waals surface area contributed by atoms with Crippen molar-refractivity contribution in [1.29, 1.82) is 0 Å². The van der Waals surface area contributed by atoms with E-state index in [4.69, 9.17) is 9.84 Å². The maximum Gasteiger partial charge on any atom is 0.150 e. The molecule has 0 radical (unpaired) electrons. The maximum absolute atomic E-state index is 10.2. The zero-order valence-electron chi connectivity index (χ0n) is 10.4. The van der Waals surface area contributed by atoms with Crippen molar-refractivity contribution in [1.82, 2.24) is 0 Å². The molecule has 0 fully saturated rings. The average Bonchev–Trinajstić information content (AvgIpc) is 2.49. The average molecular weight is 258 g/mol. The lowest BCUT2D eigenvalue weighted by Crippen LogP contribution is -1.82. The molecule has 4 heteroatoms. The van der Waals surface area contributed by atoms with Crippen LogP contribution in [-0.2, 0) is 0 Å². The summed E-state index contributed by atoms with van der Waals surface area (Å²) in [6.45, 7) is 0. The zero-order chi connectivity index (χ0) is 14.1. The Labute approximate surface area is 111 Å². The third-order valence-corrected chi connectivity index (χ3v) is 2.28. The summed E-state index contributed by atoms with van der Waals surface area (Å²) in [6.07, 6.45) is 1.54.